The number of anilines is 5. The highest BCUT2D eigenvalue weighted by Gasteiger charge is 2.15. The van der Waals surface area contributed by atoms with Crippen LogP contribution in [0.5, 0.6) is 0 Å². The van der Waals surface area contributed by atoms with Crippen molar-refractivity contribution < 1.29 is 4.79 Å². The van der Waals surface area contributed by atoms with E-state index in [0.29, 0.717) is 28.0 Å². The maximum Gasteiger partial charge on any atom is 0.253 e. The second kappa shape index (κ2) is 9.84. The van der Waals surface area contributed by atoms with Crippen LogP contribution in [-0.4, -0.2) is 61.0 Å². The van der Waals surface area contributed by atoms with Gasteiger partial charge < -0.3 is 25.8 Å². The molecule has 3 N–H and O–H groups in total. The monoisotopic (exact) mass is 451 g/mol. The first kappa shape index (κ1) is 21.9. The Kier molecular flexibility index (Phi) is 6.72. The molecule has 0 saturated carbocycles. The Hall–Kier alpha value is -3.36. The summed E-state index contributed by atoms with van der Waals surface area (Å²) in [6, 6.07) is 15.4. The van der Waals surface area contributed by atoms with Gasteiger partial charge in [-0.05, 0) is 43.4 Å². The van der Waals surface area contributed by atoms with E-state index in [9.17, 15) is 4.79 Å². The van der Waals surface area contributed by atoms with E-state index in [0.717, 1.165) is 31.9 Å². The van der Waals surface area contributed by atoms with Crippen LogP contribution in [0.25, 0.3) is 0 Å². The number of halogens is 1. The summed E-state index contributed by atoms with van der Waals surface area (Å²) in [5, 5.41) is 9.35. The van der Waals surface area contributed by atoms with Gasteiger partial charge in [-0.15, -0.1) is 0 Å². The van der Waals surface area contributed by atoms with Gasteiger partial charge in [0.1, 0.15) is 5.02 Å². The maximum absolute atomic E-state index is 12.1. The molecule has 3 aromatic rings. The Bertz CT molecular complexity index is 1080. The number of para-hydroxylation sites is 1. The zero-order chi connectivity index (χ0) is 22.5. The minimum atomic E-state index is -0.197. The second-order valence-electron chi connectivity index (χ2n) is 7.60. The summed E-state index contributed by atoms with van der Waals surface area (Å²) in [7, 11) is 3.74. The predicted molar refractivity (Wildman–Crippen MR) is 130 cm³/mol. The number of benzene rings is 2. The number of hydrogen-bond acceptors (Lipinski definition) is 7. The zero-order valence-electron chi connectivity index (χ0n) is 18.1. The number of nitrogens with zero attached hydrogens (tertiary/aromatic N) is 4. The highest BCUT2D eigenvalue weighted by molar-refractivity contribution is 6.33. The predicted octanol–water partition coefficient (Wildman–Crippen LogP) is 3.73. The van der Waals surface area contributed by atoms with Gasteiger partial charge in [-0.25, -0.2) is 4.98 Å². The molecule has 2 heterocycles. The van der Waals surface area contributed by atoms with Crippen LogP contribution in [0.15, 0.2) is 54.7 Å². The van der Waals surface area contributed by atoms with E-state index >= 15 is 0 Å². The topological polar surface area (TPSA) is 85.4 Å². The van der Waals surface area contributed by atoms with Gasteiger partial charge in [0.15, 0.2) is 5.82 Å². The highest BCUT2D eigenvalue weighted by atomic mass is 35.5. The number of amides is 1. The first-order valence-corrected chi connectivity index (χ1v) is 10.8. The Labute approximate surface area is 192 Å². The molecule has 0 aliphatic carbocycles. The molecule has 1 saturated heterocycles. The largest absolute Gasteiger partial charge is 0.369 e. The van der Waals surface area contributed by atoms with E-state index in [1.807, 2.05) is 18.2 Å². The second-order valence-corrected chi connectivity index (χ2v) is 8.01. The Morgan fingerprint density at radius 1 is 1.00 bits per heavy atom. The fraction of sp³-hybridized carbons (Fsp3) is 0.261. The van der Waals surface area contributed by atoms with E-state index in [4.69, 9.17) is 11.6 Å². The number of piperazine rings is 1. The lowest BCUT2D eigenvalue weighted by atomic mass is 10.1. The van der Waals surface area contributed by atoms with Crippen molar-refractivity contribution >= 4 is 46.3 Å². The van der Waals surface area contributed by atoms with E-state index in [-0.39, 0.29) is 5.91 Å². The summed E-state index contributed by atoms with van der Waals surface area (Å²) < 4.78 is 0. The summed E-state index contributed by atoms with van der Waals surface area (Å²) in [6.45, 7) is 4.18. The van der Waals surface area contributed by atoms with Gasteiger partial charge in [-0.3, -0.25) is 4.79 Å². The van der Waals surface area contributed by atoms with Crippen LogP contribution in [-0.2, 0) is 0 Å². The maximum atomic E-state index is 12.1. The minimum Gasteiger partial charge on any atom is -0.369 e. The van der Waals surface area contributed by atoms with E-state index < -0.39 is 0 Å². The molecule has 166 valence electrons. The number of rotatable bonds is 6. The van der Waals surface area contributed by atoms with E-state index in [2.05, 4.69) is 54.9 Å². The quantitative estimate of drug-likeness (QED) is 0.526. The van der Waals surface area contributed by atoms with Crippen LogP contribution in [0, 0.1) is 0 Å². The number of nitrogens with one attached hydrogen (secondary N) is 3. The molecule has 1 amide bonds. The molecule has 8 nitrogen and oxygen atoms in total. The summed E-state index contributed by atoms with van der Waals surface area (Å²) >= 11 is 6.31. The SMILES string of the molecule is CNC(=O)c1ccccc1Nc1nc(Nc2ccc(N3CCN(C)CC3)cc2)ncc1Cl. The van der Waals surface area contributed by atoms with Gasteiger partial charge in [0.05, 0.1) is 17.4 Å². The Morgan fingerprint density at radius 3 is 2.44 bits per heavy atom. The summed E-state index contributed by atoms with van der Waals surface area (Å²) in [6.07, 6.45) is 1.53. The Morgan fingerprint density at radius 2 is 1.72 bits per heavy atom. The van der Waals surface area contributed by atoms with Gasteiger partial charge in [0, 0.05) is 44.6 Å². The van der Waals surface area contributed by atoms with Crippen LogP contribution in [0.3, 0.4) is 0 Å². The molecule has 1 aromatic heterocycles. The lowest BCUT2D eigenvalue weighted by molar-refractivity contribution is 0.0964. The van der Waals surface area contributed by atoms with Crippen molar-refractivity contribution in [3.05, 3.63) is 65.3 Å². The van der Waals surface area contributed by atoms with Crippen molar-refractivity contribution in [1.82, 2.24) is 20.2 Å². The normalized spacial score (nSPS) is 14.2. The molecule has 1 aliphatic rings. The number of hydrogen-bond donors (Lipinski definition) is 3. The Balaban J connectivity index is 1.48. The van der Waals surface area contributed by atoms with Crippen molar-refractivity contribution in [2.45, 2.75) is 0 Å². The van der Waals surface area contributed by atoms with Crippen LogP contribution >= 0.6 is 11.6 Å². The van der Waals surface area contributed by atoms with Crippen molar-refractivity contribution in [2.75, 3.05) is 55.8 Å². The number of likely N-dealkylation sites (N-methyl/N-ethyl adjacent to an activating group) is 1. The van der Waals surface area contributed by atoms with Crippen LogP contribution in [0.1, 0.15) is 10.4 Å². The first-order chi connectivity index (χ1) is 15.5. The number of carbonyl (C=O) groups is 1. The van der Waals surface area contributed by atoms with Gasteiger partial charge in [0.2, 0.25) is 5.95 Å². The highest BCUT2D eigenvalue weighted by Crippen LogP contribution is 2.27. The van der Waals surface area contributed by atoms with Crippen molar-refractivity contribution in [3.8, 4) is 0 Å². The molecule has 0 unspecified atom stereocenters. The van der Waals surface area contributed by atoms with Gasteiger partial charge >= 0.3 is 0 Å². The van der Waals surface area contributed by atoms with Gasteiger partial charge in [-0.2, -0.15) is 4.98 Å². The molecular formula is C23H26ClN7O. The molecule has 32 heavy (non-hydrogen) atoms. The molecule has 4 rings (SSSR count). The summed E-state index contributed by atoms with van der Waals surface area (Å²) in [4.78, 5) is 25.6. The molecule has 1 aliphatic heterocycles. The third-order valence-electron chi connectivity index (χ3n) is 5.39. The average molecular weight is 452 g/mol. The summed E-state index contributed by atoms with van der Waals surface area (Å²) in [5.74, 6) is 0.619. The fourth-order valence-corrected chi connectivity index (χ4v) is 3.65. The third kappa shape index (κ3) is 5.09. The van der Waals surface area contributed by atoms with Crippen molar-refractivity contribution in [2.24, 2.45) is 0 Å². The van der Waals surface area contributed by atoms with Crippen LogP contribution < -0.4 is 20.9 Å². The van der Waals surface area contributed by atoms with Crippen molar-refractivity contribution in [1.29, 1.82) is 0 Å². The standard InChI is InChI=1S/C23H26ClN7O/c1-25-22(32)18-5-3-4-6-20(18)28-21-19(24)15-26-23(29-21)27-16-7-9-17(10-8-16)31-13-11-30(2)12-14-31/h3-10,15H,11-14H2,1-2H3,(H,25,32)(H2,26,27,28,29). The molecular weight excluding hydrogens is 426 g/mol. The van der Waals surface area contributed by atoms with Crippen LogP contribution in [0.2, 0.25) is 5.02 Å². The van der Waals surface area contributed by atoms with E-state index in [1.165, 1.54) is 11.9 Å². The fourth-order valence-electron chi connectivity index (χ4n) is 3.52. The number of carbonyl (C=O) groups excluding carboxylic acids is 1. The number of aromatic nitrogens is 2. The molecule has 2 aromatic carbocycles. The zero-order valence-corrected chi connectivity index (χ0v) is 18.9. The molecule has 0 bridgehead atoms. The molecule has 0 radical (unpaired) electrons. The van der Waals surface area contributed by atoms with Gasteiger partial charge in [-0.1, -0.05) is 23.7 Å². The van der Waals surface area contributed by atoms with E-state index in [1.54, 1.807) is 25.2 Å². The van der Waals surface area contributed by atoms with Crippen molar-refractivity contribution in [3.63, 3.8) is 0 Å². The summed E-state index contributed by atoms with van der Waals surface area (Å²) in [5.41, 5.74) is 3.18. The lowest BCUT2D eigenvalue weighted by Crippen LogP contribution is -2.44. The molecule has 9 heteroatoms. The molecule has 0 spiro atoms. The van der Waals surface area contributed by atoms with Crippen LogP contribution in [0.4, 0.5) is 28.8 Å². The smallest absolute Gasteiger partial charge is 0.253 e. The lowest BCUT2D eigenvalue weighted by Gasteiger charge is -2.34. The third-order valence-corrected chi connectivity index (χ3v) is 5.66. The molecule has 1 fully saturated rings. The molecule has 0 atom stereocenters. The minimum absolute atomic E-state index is 0.197. The first-order valence-electron chi connectivity index (χ1n) is 10.4. The average Bonchev–Trinajstić information content (AvgIpc) is 2.82. The van der Waals surface area contributed by atoms with Gasteiger partial charge in [0.25, 0.3) is 5.91 Å².